The average molecular weight is 498 g/mol. The lowest BCUT2D eigenvalue weighted by molar-refractivity contribution is -0.117. The number of hydrogen-bond acceptors (Lipinski definition) is 8. The Bertz CT molecular complexity index is 1530. The van der Waals surface area contributed by atoms with Gasteiger partial charge in [0.15, 0.2) is 11.5 Å². The second-order valence-electron chi connectivity index (χ2n) is 9.15. The summed E-state index contributed by atoms with van der Waals surface area (Å²) in [5.74, 6) is 1.32. The van der Waals surface area contributed by atoms with Gasteiger partial charge in [0.05, 0.1) is 30.4 Å². The highest BCUT2D eigenvalue weighted by Gasteiger charge is 2.28. The summed E-state index contributed by atoms with van der Waals surface area (Å²) in [4.78, 5) is 38.2. The number of imidazole rings is 2. The maximum absolute atomic E-state index is 12.7. The Labute approximate surface area is 212 Å². The van der Waals surface area contributed by atoms with E-state index in [9.17, 15) is 4.79 Å². The normalized spacial score (nSPS) is 16.4. The highest BCUT2D eigenvalue weighted by Crippen LogP contribution is 2.31. The lowest BCUT2D eigenvalue weighted by Gasteiger charge is -2.26. The summed E-state index contributed by atoms with van der Waals surface area (Å²) in [5, 5.41) is 4.86. The molecule has 5 aromatic rings. The Hall–Kier alpha value is -4.51. The number of nitrogens with two attached hydrogens (primary N) is 1. The van der Waals surface area contributed by atoms with Crippen LogP contribution in [0.15, 0.2) is 61.6 Å². The van der Waals surface area contributed by atoms with Crippen LogP contribution < -0.4 is 20.7 Å². The van der Waals surface area contributed by atoms with Crippen LogP contribution in [0.1, 0.15) is 18.5 Å². The van der Waals surface area contributed by atoms with Crippen molar-refractivity contribution in [2.24, 2.45) is 5.73 Å². The minimum absolute atomic E-state index is 0.160. The molecule has 2 aromatic carbocycles. The molecule has 4 heterocycles. The maximum Gasteiger partial charge on any atom is 0.241 e. The molecule has 2 atom stereocenters. The molecular formula is C26H27N9O2. The summed E-state index contributed by atoms with van der Waals surface area (Å²) >= 11 is 0. The van der Waals surface area contributed by atoms with Crippen LogP contribution in [0.3, 0.4) is 0 Å². The van der Waals surface area contributed by atoms with E-state index in [-0.39, 0.29) is 11.9 Å². The van der Waals surface area contributed by atoms with Gasteiger partial charge >= 0.3 is 0 Å². The molecule has 11 heteroatoms. The van der Waals surface area contributed by atoms with Crippen LogP contribution in [0.4, 0.5) is 11.5 Å². The molecule has 0 saturated carbocycles. The highest BCUT2D eigenvalue weighted by molar-refractivity contribution is 5.98. The van der Waals surface area contributed by atoms with Crippen LogP contribution in [0.2, 0.25) is 0 Å². The molecule has 3 aromatic heterocycles. The van der Waals surface area contributed by atoms with Crippen LogP contribution >= 0.6 is 0 Å². The highest BCUT2D eigenvalue weighted by atomic mass is 16.5. The molecule has 1 fully saturated rings. The summed E-state index contributed by atoms with van der Waals surface area (Å²) < 4.78 is 6.36. The fourth-order valence-corrected chi connectivity index (χ4v) is 4.84. The molecule has 1 amide bonds. The summed E-state index contributed by atoms with van der Waals surface area (Å²) in [6, 6.07) is 11.2. The van der Waals surface area contributed by atoms with Crippen LogP contribution in [0.25, 0.3) is 21.9 Å². The van der Waals surface area contributed by atoms with E-state index in [1.54, 1.807) is 25.2 Å². The number of hydrogen-bond donors (Lipinski definition) is 4. The number of nitrogens with one attached hydrogen (secondary N) is 3. The zero-order chi connectivity index (χ0) is 25.2. The van der Waals surface area contributed by atoms with E-state index in [0.29, 0.717) is 18.7 Å². The van der Waals surface area contributed by atoms with Gasteiger partial charge in [-0.15, -0.1) is 0 Å². The van der Waals surface area contributed by atoms with Crippen LogP contribution in [-0.2, 0) is 11.2 Å². The standard InChI is InChI=1S/C26H27N9O2/c27-21(10-18-11-28-13-29-18)26(36)34-17-7-6-16-3-1-5-22(20(16)9-17)37-12-19-4-2-8-35(19)25-23-24(31-14-30-23)32-15-33-25/h1,3,5-7,9,11,13-15,19,21H,2,4,8,10,12,27H2,(H,28,29)(H,34,36)(H,30,31,32,33)/t19-,21?/m1/s1. The number of carbonyl (C=O) groups excluding carboxylic acids is 1. The average Bonchev–Trinajstić information content (AvgIpc) is 3.69. The van der Waals surface area contributed by atoms with Crippen LogP contribution in [0, 0.1) is 0 Å². The van der Waals surface area contributed by atoms with Crippen LogP contribution in [0.5, 0.6) is 5.75 Å². The van der Waals surface area contributed by atoms with E-state index >= 15 is 0 Å². The Balaban J connectivity index is 1.18. The minimum atomic E-state index is -0.707. The fourth-order valence-electron chi connectivity index (χ4n) is 4.84. The monoisotopic (exact) mass is 497 g/mol. The second-order valence-corrected chi connectivity index (χ2v) is 9.15. The zero-order valence-electron chi connectivity index (χ0n) is 20.1. The molecule has 6 rings (SSSR count). The smallest absolute Gasteiger partial charge is 0.241 e. The van der Waals surface area contributed by atoms with Gasteiger partial charge in [0.2, 0.25) is 5.91 Å². The van der Waals surface area contributed by atoms with E-state index < -0.39 is 6.04 Å². The SMILES string of the molecule is NC(Cc1c[nH]cn1)C(=O)Nc1ccc2cccc(OC[C@H]3CCCN3c3ncnc4[nH]cnc34)c2c1. The van der Waals surface area contributed by atoms with Gasteiger partial charge in [-0.3, -0.25) is 4.79 Å². The largest absolute Gasteiger partial charge is 0.491 e. The fraction of sp³-hybridized carbons (Fsp3) is 0.269. The molecule has 37 heavy (non-hydrogen) atoms. The second kappa shape index (κ2) is 9.86. The molecular weight excluding hydrogens is 470 g/mol. The van der Waals surface area contributed by atoms with E-state index in [1.807, 2.05) is 36.4 Å². The molecule has 0 bridgehead atoms. The van der Waals surface area contributed by atoms with Gasteiger partial charge in [-0.2, -0.15) is 0 Å². The minimum Gasteiger partial charge on any atom is -0.491 e. The predicted octanol–water partition coefficient (Wildman–Crippen LogP) is 2.79. The number of benzene rings is 2. The summed E-state index contributed by atoms with van der Waals surface area (Å²) in [6.45, 7) is 1.39. The van der Waals surface area contributed by atoms with E-state index in [0.717, 1.165) is 58.6 Å². The molecule has 1 unspecified atom stereocenters. The quantitative estimate of drug-likeness (QED) is 0.255. The summed E-state index contributed by atoms with van der Waals surface area (Å²) in [5.41, 5.74) is 9.00. The lowest BCUT2D eigenvalue weighted by Crippen LogP contribution is -2.37. The molecule has 5 N–H and O–H groups in total. The van der Waals surface area contributed by atoms with Gasteiger partial charge in [-0.05, 0) is 36.4 Å². The van der Waals surface area contributed by atoms with E-state index in [2.05, 4.69) is 40.1 Å². The van der Waals surface area contributed by atoms with Crippen molar-refractivity contribution < 1.29 is 9.53 Å². The summed E-state index contributed by atoms with van der Waals surface area (Å²) in [7, 11) is 0. The van der Waals surface area contributed by atoms with Gasteiger partial charge in [-0.25, -0.2) is 19.9 Å². The third-order valence-electron chi connectivity index (χ3n) is 6.71. The Morgan fingerprint density at radius 3 is 3.03 bits per heavy atom. The van der Waals surface area contributed by atoms with Crippen molar-refractivity contribution in [3.63, 3.8) is 0 Å². The number of rotatable bonds is 8. The first-order valence-corrected chi connectivity index (χ1v) is 12.3. The Morgan fingerprint density at radius 2 is 2.14 bits per heavy atom. The number of aromatic nitrogens is 6. The van der Waals surface area contributed by atoms with Crippen molar-refractivity contribution in [2.75, 3.05) is 23.4 Å². The third-order valence-corrected chi connectivity index (χ3v) is 6.71. The molecule has 1 aliphatic heterocycles. The molecule has 0 radical (unpaired) electrons. The molecule has 1 saturated heterocycles. The van der Waals surface area contributed by atoms with Crippen molar-refractivity contribution in [3.8, 4) is 5.75 Å². The Kier molecular flexibility index (Phi) is 6.11. The number of H-pyrrole nitrogens is 2. The zero-order valence-corrected chi connectivity index (χ0v) is 20.1. The van der Waals surface area contributed by atoms with Crippen molar-refractivity contribution >= 4 is 39.3 Å². The third kappa shape index (κ3) is 4.68. The Morgan fingerprint density at radius 1 is 1.19 bits per heavy atom. The van der Waals surface area contributed by atoms with Crippen LogP contribution in [-0.4, -0.2) is 61.0 Å². The van der Waals surface area contributed by atoms with E-state index in [4.69, 9.17) is 10.5 Å². The molecule has 188 valence electrons. The van der Waals surface area contributed by atoms with Crippen molar-refractivity contribution in [1.29, 1.82) is 0 Å². The van der Waals surface area contributed by atoms with Crippen molar-refractivity contribution in [2.45, 2.75) is 31.3 Å². The topological polar surface area (TPSA) is 151 Å². The van der Waals surface area contributed by atoms with Gasteiger partial charge < -0.3 is 30.7 Å². The number of fused-ring (bicyclic) bond motifs is 2. The van der Waals surface area contributed by atoms with Gasteiger partial charge in [0, 0.05) is 30.2 Å². The predicted molar refractivity (Wildman–Crippen MR) is 140 cm³/mol. The first-order valence-electron chi connectivity index (χ1n) is 12.3. The summed E-state index contributed by atoms with van der Waals surface area (Å²) in [6.07, 6.45) is 8.91. The van der Waals surface area contributed by atoms with E-state index in [1.165, 1.54) is 0 Å². The number of ether oxygens (including phenoxy) is 1. The number of aromatic amines is 2. The molecule has 0 aliphatic carbocycles. The first-order chi connectivity index (χ1) is 18.2. The van der Waals surface area contributed by atoms with Gasteiger partial charge in [-0.1, -0.05) is 18.2 Å². The van der Waals surface area contributed by atoms with Gasteiger partial charge in [0.25, 0.3) is 0 Å². The molecule has 11 nitrogen and oxygen atoms in total. The first kappa shape index (κ1) is 22.9. The number of anilines is 2. The maximum atomic E-state index is 12.7. The lowest BCUT2D eigenvalue weighted by atomic mass is 10.1. The van der Waals surface area contributed by atoms with Gasteiger partial charge in [0.1, 0.15) is 24.2 Å². The molecule has 1 aliphatic rings. The van der Waals surface area contributed by atoms with Crippen molar-refractivity contribution in [3.05, 3.63) is 67.3 Å². The number of nitrogens with zero attached hydrogens (tertiary/aromatic N) is 5. The number of amides is 1. The number of carbonyl (C=O) groups is 1. The van der Waals surface area contributed by atoms with Crippen molar-refractivity contribution in [1.82, 2.24) is 29.9 Å². The molecule has 0 spiro atoms.